The third kappa shape index (κ3) is 4.51. The van der Waals surface area contributed by atoms with Gasteiger partial charge in [0.2, 0.25) is 0 Å². The summed E-state index contributed by atoms with van der Waals surface area (Å²) in [5.74, 6) is -1.68. The Balaban J connectivity index is 2.43. The predicted molar refractivity (Wildman–Crippen MR) is 90.6 cm³/mol. The fourth-order valence-corrected chi connectivity index (χ4v) is 2.86. The molecule has 0 spiro atoms. The number of esters is 1. The second-order valence-corrected chi connectivity index (χ2v) is 6.34. The quantitative estimate of drug-likeness (QED) is 0.546. The van der Waals surface area contributed by atoms with Gasteiger partial charge in [-0.1, -0.05) is 23.8 Å². The molecular weight excluding hydrogens is 332 g/mol. The molecule has 6 heteroatoms. The number of aromatic hydroxyl groups is 2. The number of fused-ring (bicyclic) bond motifs is 1. The van der Waals surface area contributed by atoms with Gasteiger partial charge in [0.25, 0.3) is 0 Å². The summed E-state index contributed by atoms with van der Waals surface area (Å²) in [5.41, 5.74) is -0.0389. The van der Waals surface area contributed by atoms with Crippen LogP contribution in [0.2, 0.25) is 5.02 Å². The molecule has 0 saturated heterocycles. The molecule has 0 radical (unpaired) electrons. The van der Waals surface area contributed by atoms with Crippen LogP contribution in [0.5, 0.6) is 11.5 Å². The number of phenols is 2. The SMILES string of the molecule is CC1CC=CCCCCC(=O)Cc2c(Cl)c(O)cc(O)c2C(=O)O1. The smallest absolute Gasteiger partial charge is 0.342 e. The topological polar surface area (TPSA) is 83.8 Å². The standard InChI is InChI=1S/C18H21ClO5/c1-11-7-5-3-2-4-6-8-12(20)9-13-16(18(23)24-11)14(21)10-15(22)17(13)19/h3,5,10-11,21-22H,2,4,6-9H2,1H3. The molecule has 24 heavy (non-hydrogen) atoms. The van der Waals surface area contributed by atoms with Crippen LogP contribution in [0.4, 0.5) is 0 Å². The number of hydrogen-bond donors (Lipinski definition) is 2. The Morgan fingerprint density at radius 2 is 1.92 bits per heavy atom. The zero-order valence-corrected chi connectivity index (χ0v) is 14.3. The van der Waals surface area contributed by atoms with E-state index in [9.17, 15) is 19.8 Å². The first kappa shape index (κ1) is 18.3. The number of carbonyl (C=O) groups is 2. The van der Waals surface area contributed by atoms with Crippen molar-refractivity contribution in [3.63, 3.8) is 0 Å². The monoisotopic (exact) mass is 352 g/mol. The lowest BCUT2D eigenvalue weighted by molar-refractivity contribution is -0.118. The summed E-state index contributed by atoms with van der Waals surface area (Å²) in [5, 5.41) is 19.7. The van der Waals surface area contributed by atoms with Crippen molar-refractivity contribution >= 4 is 23.4 Å². The maximum Gasteiger partial charge on any atom is 0.342 e. The third-order valence-corrected chi connectivity index (χ3v) is 4.34. The van der Waals surface area contributed by atoms with Gasteiger partial charge in [0.1, 0.15) is 28.9 Å². The van der Waals surface area contributed by atoms with Crippen LogP contribution in [0, 0.1) is 0 Å². The second-order valence-electron chi connectivity index (χ2n) is 5.97. The zero-order chi connectivity index (χ0) is 17.7. The van der Waals surface area contributed by atoms with E-state index in [1.807, 2.05) is 12.2 Å². The number of Topliss-reactive ketones (excluding diaryl/α,β-unsaturated/α-hetero) is 1. The Kier molecular flexibility index (Phi) is 6.26. The van der Waals surface area contributed by atoms with E-state index in [-0.39, 0.29) is 40.2 Å². The molecule has 0 aromatic heterocycles. The van der Waals surface area contributed by atoms with Gasteiger partial charge in [-0.05, 0) is 26.2 Å². The molecule has 0 saturated carbocycles. The lowest BCUT2D eigenvalue weighted by Crippen LogP contribution is -2.18. The van der Waals surface area contributed by atoms with Crippen molar-refractivity contribution in [2.24, 2.45) is 0 Å². The molecule has 0 bridgehead atoms. The molecule has 130 valence electrons. The molecule has 1 unspecified atom stereocenters. The number of cyclic esters (lactones) is 1. The highest BCUT2D eigenvalue weighted by Gasteiger charge is 2.26. The van der Waals surface area contributed by atoms with Gasteiger partial charge in [-0.3, -0.25) is 4.79 Å². The van der Waals surface area contributed by atoms with Gasteiger partial charge in [0.15, 0.2) is 0 Å². The number of carbonyl (C=O) groups excluding carboxylic acids is 2. The van der Waals surface area contributed by atoms with Gasteiger partial charge >= 0.3 is 5.97 Å². The molecule has 0 aliphatic carbocycles. The van der Waals surface area contributed by atoms with Crippen molar-refractivity contribution in [2.45, 2.75) is 51.6 Å². The van der Waals surface area contributed by atoms with E-state index in [2.05, 4.69) is 0 Å². The maximum atomic E-state index is 12.4. The largest absolute Gasteiger partial charge is 0.507 e. The van der Waals surface area contributed by atoms with Gasteiger partial charge in [-0.15, -0.1) is 0 Å². The first-order valence-electron chi connectivity index (χ1n) is 8.01. The zero-order valence-electron chi connectivity index (χ0n) is 13.5. The van der Waals surface area contributed by atoms with Gasteiger partial charge in [0.05, 0.1) is 5.02 Å². The lowest BCUT2D eigenvalue weighted by Gasteiger charge is -2.17. The Labute approximate surface area is 145 Å². The van der Waals surface area contributed by atoms with Crippen LogP contribution in [0.3, 0.4) is 0 Å². The summed E-state index contributed by atoms with van der Waals surface area (Å²) in [4.78, 5) is 24.6. The maximum absolute atomic E-state index is 12.4. The van der Waals surface area contributed by atoms with Gasteiger partial charge in [-0.2, -0.15) is 0 Å². The number of phenolic OH excluding ortho intramolecular Hbond substituents is 2. The van der Waals surface area contributed by atoms with Crippen LogP contribution in [-0.2, 0) is 16.0 Å². The van der Waals surface area contributed by atoms with Gasteiger partial charge in [0, 0.05) is 30.9 Å². The Hall–Kier alpha value is -2.01. The highest BCUT2D eigenvalue weighted by molar-refractivity contribution is 6.33. The first-order valence-corrected chi connectivity index (χ1v) is 8.39. The summed E-state index contributed by atoms with van der Waals surface area (Å²) >= 11 is 6.07. The lowest BCUT2D eigenvalue weighted by atomic mass is 9.98. The number of halogens is 1. The number of hydrogen-bond acceptors (Lipinski definition) is 5. The Morgan fingerprint density at radius 1 is 1.17 bits per heavy atom. The minimum absolute atomic E-state index is 0.104. The van der Waals surface area contributed by atoms with E-state index in [1.54, 1.807) is 6.92 Å². The van der Waals surface area contributed by atoms with E-state index < -0.39 is 11.7 Å². The highest BCUT2D eigenvalue weighted by Crippen LogP contribution is 2.37. The molecule has 0 amide bonds. The summed E-state index contributed by atoms with van der Waals surface area (Å²) in [6, 6.07) is 0.987. The highest BCUT2D eigenvalue weighted by atomic mass is 35.5. The normalized spacial score (nSPS) is 20.2. The average Bonchev–Trinajstić information content (AvgIpc) is 2.50. The van der Waals surface area contributed by atoms with Crippen molar-refractivity contribution in [2.75, 3.05) is 0 Å². The van der Waals surface area contributed by atoms with E-state index in [0.717, 1.165) is 25.3 Å². The van der Waals surface area contributed by atoms with Crippen LogP contribution >= 0.6 is 11.6 Å². The third-order valence-electron chi connectivity index (χ3n) is 3.92. The summed E-state index contributed by atoms with van der Waals surface area (Å²) < 4.78 is 5.33. The van der Waals surface area contributed by atoms with Crippen molar-refractivity contribution < 1.29 is 24.5 Å². The Bertz CT molecular complexity index is 666. The molecule has 1 heterocycles. The van der Waals surface area contributed by atoms with Crippen LogP contribution in [-0.4, -0.2) is 28.1 Å². The average molecular weight is 353 g/mol. The van der Waals surface area contributed by atoms with Gasteiger partial charge in [-0.25, -0.2) is 4.79 Å². The summed E-state index contributed by atoms with van der Waals surface area (Å²) in [6.07, 6.45) is 6.85. The van der Waals surface area contributed by atoms with Crippen LogP contribution < -0.4 is 0 Å². The van der Waals surface area contributed by atoms with Crippen molar-refractivity contribution in [3.8, 4) is 11.5 Å². The van der Waals surface area contributed by atoms with Gasteiger partial charge < -0.3 is 14.9 Å². The molecule has 1 aromatic rings. The molecule has 1 aromatic carbocycles. The summed E-state index contributed by atoms with van der Waals surface area (Å²) in [7, 11) is 0. The van der Waals surface area contributed by atoms with Crippen LogP contribution in [0.1, 0.15) is 54.9 Å². The molecule has 2 rings (SSSR count). The summed E-state index contributed by atoms with van der Waals surface area (Å²) in [6.45, 7) is 1.75. The molecule has 2 N–H and O–H groups in total. The molecule has 1 atom stereocenters. The number of ether oxygens (including phenoxy) is 1. The molecular formula is C18H21ClO5. The van der Waals surface area contributed by atoms with Crippen molar-refractivity contribution in [1.82, 2.24) is 0 Å². The molecule has 0 fully saturated rings. The minimum Gasteiger partial charge on any atom is -0.507 e. The number of benzene rings is 1. The van der Waals surface area contributed by atoms with E-state index in [4.69, 9.17) is 16.3 Å². The van der Waals surface area contributed by atoms with Crippen molar-refractivity contribution in [3.05, 3.63) is 34.4 Å². The number of rotatable bonds is 0. The van der Waals surface area contributed by atoms with Crippen LogP contribution in [0.15, 0.2) is 18.2 Å². The van der Waals surface area contributed by atoms with Crippen LogP contribution in [0.25, 0.3) is 0 Å². The molecule has 5 nitrogen and oxygen atoms in total. The van der Waals surface area contributed by atoms with Crippen molar-refractivity contribution in [1.29, 1.82) is 0 Å². The molecule has 1 aliphatic rings. The Morgan fingerprint density at radius 3 is 2.67 bits per heavy atom. The minimum atomic E-state index is -0.754. The predicted octanol–water partition coefficient (Wildman–Crippen LogP) is 3.93. The fraction of sp³-hybridized carbons (Fsp3) is 0.444. The number of ketones is 1. The van der Waals surface area contributed by atoms with E-state index >= 15 is 0 Å². The van der Waals surface area contributed by atoms with E-state index in [1.165, 1.54) is 0 Å². The van der Waals surface area contributed by atoms with E-state index in [0.29, 0.717) is 12.8 Å². The first-order chi connectivity index (χ1) is 11.4. The fourth-order valence-electron chi connectivity index (χ4n) is 2.64. The molecule has 1 aliphatic heterocycles. The second kappa shape index (κ2) is 8.20. The number of allylic oxidation sites excluding steroid dienone is 1.